The lowest BCUT2D eigenvalue weighted by molar-refractivity contribution is -0.186. The molecule has 6 nitrogen and oxygen atoms in total. The van der Waals surface area contributed by atoms with Gasteiger partial charge in [-0.15, -0.1) is 0 Å². The van der Waals surface area contributed by atoms with Gasteiger partial charge in [-0.2, -0.15) is 0 Å². The van der Waals surface area contributed by atoms with E-state index in [1.54, 1.807) is 0 Å². The van der Waals surface area contributed by atoms with Crippen LogP contribution in [0, 0.1) is 22.7 Å². The van der Waals surface area contributed by atoms with Crippen LogP contribution in [0.1, 0.15) is 65.7 Å². The number of fused-ring (bicyclic) bond motifs is 3. The summed E-state index contributed by atoms with van der Waals surface area (Å²) in [5.74, 6) is -0.00987. The number of allylic oxidation sites excluding steroid dienone is 1. The first-order valence-corrected chi connectivity index (χ1v) is 10.9. The Morgan fingerprint density at radius 3 is 2.69 bits per heavy atom. The van der Waals surface area contributed by atoms with E-state index in [1.165, 1.54) is 12.5 Å². The predicted octanol–water partition coefficient (Wildman–Crippen LogP) is 2.51. The first-order valence-electron chi connectivity index (χ1n) is 10.9. The van der Waals surface area contributed by atoms with Gasteiger partial charge in [0, 0.05) is 25.2 Å². The number of aliphatic hydroxyl groups is 1. The highest BCUT2D eigenvalue weighted by Crippen LogP contribution is 2.77. The molecule has 3 saturated carbocycles. The van der Waals surface area contributed by atoms with E-state index in [9.17, 15) is 19.5 Å². The zero-order valence-electron chi connectivity index (χ0n) is 17.5. The van der Waals surface area contributed by atoms with Crippen molar-refractivity contribution in [3.8, 4) is 0 Å². The zero-order valence-corrected chi connectivity index (χ0v) is 17.5. The molecule has 0 unspecified atom stereocenters. The van der Waals surface area contributed by atoms with Crippen LogP contribution in [0.3, 0.4) is 0 Å². The number of esters is 1. The fourth-order valence-electron chi connectivity index (χ4n) is 7.73. The number of hydrogen-bond donors (Lipinski definition) is 1. The first-order chi connectivity index (χ1) is 13.6. The minimum absolute atomic E-state index is 0.00582. The molecule has 0 aromatic rings. The normalized spacial score (nSPS) is 49.9. The van der Waals surface area contributed by atoms with E-state index in [4.69, 9.17) is 9.47 Å². The number of rotatable bonds is 3. The number of hydrogen-bond acceptors (Lipinski definition) is 6. The third-order valence-corrected chi connectivity index (χ3v) is 9.38. The minimum Gasteiger partial charge on any atom is -0.458 e. The van der Waals surface area contributed by atoms with E-state index in [-0.39, 0.29) is 36.2 Å². The van der Waals surface area contributed by atoms with Crippen LogP contribution in [0.2, 0.25) is 0 Å². The van der Waals surface area contributed by atoms with Gasteiger partial charge in [-0.25, -0.2) is 0 Å². The molecule has 1 heterocycles. The molecule has 1 spiro atoms. The fourth-order valence-corrected chi connectivity index (χ4v) is 7.73. The van der Waals surface area contributed by atoms with Gasteiger partial charge >= 0.3 is 5.97 Å². The Hall–Kier alpha value is -1.53. The molecule has 0 bridgehead atoms. The Morgan fingerprint density at radius 1 is 1.21 bits per heavy atom. The maximum Gasteiger partial charge on any atom is 0.303 e. The van der Waals surface area contributed by atoms with Gasteiger partial charge in [-0.1, -0.05) is 19.4 Å². The second-order valence-corrected chi connectivity index (χ2v) is 10.3. The fraction of sp³-hybridized carbons (Fsp3) is 0.783. The topological polar surface area (TPSA) is 93.2 Å². The monoisotopic (exact) mass is 402 g/mol. The highest BCUT2D eigenvalue weighted by atomic mass is 16.6. The molecular weight excluding hydrogens is 372 g/mol. The SMILES string of the molecule is CC(=O)OCC(=O)[C@@]1(O)C[C@H]2O[C@@]23[C@@H]2CCC4=CC(=O)CC[C@]4(C)[C@H]2CC[C@@]31C. The molecule has 158 valence electrons. The average molecular weight is 402 g/mol. The molecule has 4 aliphatic carbocycles. The van der Waals surface area contributed by atoms with Crippen molar-refractivity contribution in [2.24, 2.45) is 22.7 Å². The van der Waals surface area contributed by atoms with Crippen molar-refractivity contribution in [2.45, 2.75) is 83.0 Å². The zero-order chi connectivity index (χ0) is 20.8. The lowest BCUT2D eigenvalue weighted by Crippen LogP contribution is -2.63. The molecule has 0 amide bonds. The first kappa shape index (κ1) is 19.4. The van der Waals surface area contributed by atoms with Crippen molar-refractivity contribution in [1.29, 1.82) is 0 Å². The number of carbonyl (C=O) groups excluding carboxylic acids is 3. The lowest BCUT2D eigenvalue weighted by atomic mass is 9.45. The molecule has 0 aromatic heterocycles. The second kappa shape index (κ2) is 5.79. The van der Waals surface area contributed by atoms with Crippen LogP contribution < -0.4 is 0 Å². The summed E-state index contributed by atoms with van der Waals surface area (Å²) in [5.41, 5.74) is -1.38. The van der Waals surface area contributed by atoms with Crippen LogP contribution in [0.4, 0.5) is 0 Å². The van der Waals surface area contributed by atoms with Gasteiger partial charge in [0.25, 0.3) is 0 Å². The van der Waals surface area contributed by atoms with Crippen molar-refractivity contribution < 1.29 is 29.0 Å². The van der Waals surface area contributed by atoms with E-state index in [0.29, 0.717) is 18.8 Å². The summed E-state index contributed by atoms with van der Waals surface area (Å²) in [6.45, 7) is 5.18. The maximum atomic E-state index is 13.0. The van der Waals surface area contributed by atoms with Gasteiger partial charge in [-0.3, -0.25) is 14.4 Å². The van der Waals surface area contributed by atoms with Crippen molar-refractivity contribution in [1.82, 2.24) is 0 Å². The summed E-state index contributed by atoms with van der Waals surface area (Å²) in [6, 6.07) is 0. The van der Waals surface area contributed by atoms with Gasteiger partial charge in [0.15, 0.2) is 12.4 Å². The van der Waals surface area contributed by atoms with Gasteiger partial charge < -0.3 is 14.6 Å². The molecule has 6 heteroatoms. The molecular formula is C23H30O6. The van der Waals surface area contributed by atoms with E-state index in [0.717, 1.165) is 25.7 Å². The Bertz CT molecular complexity index is 846. The van der Waals surface area contributed by atoms with Gasteiger partial charge in [0.2, 0.25) is 5.78 Å². The van der Waals surface area contributed by atoms with Gasteiger partial charge in [0.1, 0.15) is 11.2 Å². The largest absolute Gasteiger partial charge is 0.458 e. The number of carbonyl (C=O) groups is 3. The van der Waals surface area contributed by atoms with Crippen LogP contribution >= 0.6 is 0 Å². The van der Waals surface area contributed by atoms with Crippen molar-refractivity contribution in [2.75, 3.05) is 6.61 Å². The van der Waals surface area contributed by atoms with Gasteiger partial charge in [0.05, 0.1) is 6.10 Å². The second-order valence-electron chi connectivity index (χ2n) is 10.3. The summed E-state index contributed by atoms with van der Waals surface area (Å²) in [7, 11) is 0. The van der Waals surface area contributed by atoms with Crippen molar-refractivity contribution in [3.63, 3.8) is 0 Å². The maximum absolute atomic E-state index is 13.0. The van der Waals surface area contributed by atoms with Gasteiger partial charge in [-0.05, 0) is 55.4 Å². The molecule has 1 aliphatic heterocycles. The Labute approximate surface area is 171 Å². The summed E-state index contributed by atoms with van der Waals surface area (Å²) >= 11 is 0. The third-order valence-electron chi connectivity index (χ3n) is 9.38. The molecule has 1 saturated heterocycles. The highest BCUT2D eigenvalue weighted by molar-refractivity contribution is 5.92. The standard InChI is InChI=1S/C23H30O6/c1-13(24)28-12-18(26)22(27)11-19-23(29-19)17-5-4-14-10-15(25)6-8-20(14,2)16(17)7-9-21(22,23)3/h10,16-17,19,27H,4-9,11-12H2,1-3H3/t16-,17+,19+,20-,21+,22-,23-/m0/s1. The molecule has 5 aliphatic rings. The number of ether oxygens (including phenoxy) is 2. The Balaban J connectivity index is 1.48. The lowest BCUT2D eigenvalue weighted by Gasteiger charge is -2.59. The number of Topliss-reactive ketones (excluding diaryl/α,β-unsaturated/α-hetero) is 1. The van der Waals surface area contributed by atoms with E-state index >= 15 is 0 Å². The van der Waals surface area contributed by atoms with E-state index < -0.39 is 28.4 Å². The predicted molar refractivity (Wildman–Crippen MR) is 103 cm³/mol. The Kier molecular flexibility index (Phi) is 3.88. The summed E-state index contributed by atoms with van der Waals surface area (Å²) < 4.78 is 11.3. The van der Waals surface area contributed by atoms with Crippen LogP contribution in [-0.4, -0.2) is 46.6 Å². The van der Waals surface area contributed by atoms with Crippen LogP contribution in [-0.2, 0) is 23.9 Å². The molecule has 7 atom stereocenters. The molecule has 1 N–H and O–H groups in total. The van der Waals surface area contributed by atoms with Crippen molar-refractivity contribution in [3.05, 3.63) is 11.6 Å². The smallest absolute Gasteiger partial charge is 0.303 e. The molecule has 4 fully saturated rings. The summed E-state index contributed by atoms with van der Waals surface area (Å²) in [5, 5.41) is 11.6. The van der Waals surface area contributed by atoms with E-state index in [1.807, 2.05) is 13.0 Å². The van der Waals surface area contributed by atoms with Crippen LogP contribution in [0.25, 0.3) is 0 Å². The molecule has 0 radical (unpaired) electrons. The van der Waals surface area contributed by atoms with Crippen LogP contribution in [0.5, 0.6) is 0 Å². The molecule has 0 aromatic carbocycles. The minimum atomic E-state index is -1.52. The third kappa shape index (κ3) is 2.22. The average Bonchev–Trinajstić information content (AvgIpc) is 3.32. The molecule has 5 rings (SSSR count). The molecule has 29 heavy (non-hydrogen) atoms. The van der Waals surface area contributed by atoms with E-state index in [2.05, 4.69) is 6.92 Å². The number of ketones is 2. The van der Waals surface area contributed by atoms with Crippen LogP contribution in [0.15, 0.2) is 11.6 Å². The summed E-state index contributed by atoms with van der Waals surface area (Å²) in [6.07, 6.45) is 6.94. The van der Waals surface area contributed by atoms with Crippen molar-refractivity contribution >= 4 is 17.5 Å². The summed E-state index contributed by atoms with van der Waals surface area (Å²) in [4.78, 5) is 36.1. The number of epoxide rings is 1. The quantitative estimate of drug-likeness (QED) is 0.576. The Morgan fingerprint density at radius 2 is 1.97 bits per heavy atom. The highest BCUT2D eigenvalue weighted by Gasteiger charge is 2.85.